The molecule has 2 aromatic heterocycles. The van der Waals surface area contributed by atoms with Gasteiger partial charge in [-0.3, -0.25) is 14.9 Å². The van der Waals surface area contributed by atoms with E-state index in [-0.39, 0.29) is 23.5 Å². The van der Waals surface area contributed by atoms with Crippen LogP contribution in [-0.4, -0.2) is 46.2 Å². The lowest BCUT2D eigenvalue weighted by Gasteiger charge is -2.11. The summed E-state index contributed by atoms with van der Waals surface area (Å²) in [7, 11) is 0. The smallest absolute Gasteiger partial charge is 0.311 e. The minimum atomic E-state index is -0.572. The molecule has 1 aromatic carbocycles. The minimum Gasteiger partial charge on any atom is -0.378 e. The van der Waals surface area contributed by atoms with Crippen molar-refractivity contribution in [2.45, 2.75) is 31.9 Å². The van der Waals surface area contributed by atoms with Crippen molar-refractivity contribution in [2.24, 2.45) is 0 Å². The number of rotatable bonds is 10. The van der Waals surface area contributed by atoms with Gasteiger partial charge in [-0.25, -0.2) is 4.98 Å². The largest absolute Gasteiger partial charge is 0.378 e. The number of carbonyl (C=O) groups excluding carboxylic acids is 1. The van der Waals surface area contributed by atoms with Crippen molar-refractivity contribution in [2.75, 3.05) is 30.7 Å². The van der Waals surface area contributed by atoms with Crippen LogP contribution in [0.5, 0.6) is 0 Å². The van der Waals surface area contributed by atoms with E-state index in [0.717, 1.165) is 19.4 Å². The molecule has 36 heavy (non-hydrogen) atoms. The first-order valence-electron chi connectivity index (χ1n) is 11.5. The van der Waals surface area contributed by atoms with E-state index in [0.29, 0.717) is 58.6 Å². The normalized spacial score (nSPS) is 15.1. The SMILES string of the molecule is Nc1nc(NCCCn2cc(C(=O)NC[C@H]3CCCO3)c(-c3ccc(Cl)cc3Cl)c2)ccc1[N+](=O)[O-]. The number of nitrogens with two attached hydrogens (primary N) is 1. The summed E-state index contributed by atoms with van der Waals surface area (Å²) in [5.41, 5.74) is 7.35. The van der Waals surface area contributed by atoms with Crippen LogP contribution in [0.4, 0.5) is 17.3 Å². The predicted octanol–water partition coefficient (Wildman–Crippen LogP) is 4.76. The number of benzene rings is 1. The van der Waals surface area contributed by atoms with Crippen molar-refractivity contribution in [1.29, 1.82) is 0 Å². The van der Waals surface area contributed by atoms with E-state index in [1.54, 1.807) is 24.4 Å². The van der Waals surface area contributed by atoms with Crippen LogP contribution in [0.15, 0.2) is 42.7 Å². The van der Waals surface area contributed by atoms with Crippen molar-refractivity contribution in [1.82, 2.24) is 14.9 Å². The van der Waals surface area contributed by atoms with Crippen LogP contribution in [0.3, 0.4) is 0 Å². The molecule has 1 aliphatic heterocycles. The van der Waals surface area contributed by atoms with Gasteiger partial charge in [0, 0.05) is 65.9 Å². The summed E-state index contributed by atoms with van der Waals surface area (Å²) in [6.07, 6.45) is 6.34. The molecular weight excluding hydrogens is 507 g/mol. The molecule has 12 heteroatoms. The van der Waals surface area contributed by atoms with Gasteiger partial charge in [0.1, 0.15) is 5.82 Å². The number of halogens is 2. The fraction of sp³-hybridized carbons (Fsp3) is 0.333. The molecule has 0 aliphatic carbocycles. The molecule has 0 unspecified atom stereocenters. The Kier molecular flexibility index (Phi) is 8.29. The third-order valence-corrected chi connectivity index (χ3v) is 6.41. The zero-order valence-corrected chi connectivity index (χ0v) is 20.9. The Morgan fingerprint density at radius 1 is 1.25 bits per heavy atom. The standard InChI is InChI=1S/C24H26Cl2N6O4/c25-15-4-5-17(20(26)11-15)18-13-31(14-19(18)24(33)29-12-16-3-1-10-36-16)9-2-8-28-22-7-6-21(32(34)35)23(27)30-22/h4-7,11,13-14,16H,1-3,8-10,12H2,(H,29,33)(H3,27,28,30)/t16-/m1/s1. The number of nitrogens with zero attached hydrogens (tertiary/aromatic N) is 3. The second-order valence-electron chi connectivity index (χ2n) is 8.43. The van der Waals surface area contributed by atoms with Gasteiger partial charge in [-0.2, -0.15) is 0 Å². The molecule has 0 spiro atoms. The zero-order valence-electron chi connectivity index (χ0n) is 19.4. The molecule has 190 valence electrons. The van der Waals surface area contributed by atoms with E-state index in [1.165, 1.54) is 12.1 Å². The number of nitrogen functional groups attached to an aromatic ring is 1. The van der Waals surface area contributed by atoms with Gasteiger partial charge < -0.3 is 25.7 Å². The van der Waals surface area contributed by atoms with Crippen LogP contribution < -0.4 is 16.4 Å². The fourth-order valence-electron chi connectivity index (χ4n) is 4.05. The first-order valence-corrected chi connectivity index (χ1v) is 12.3. The second-order valence-corrected chi connectivity index (χ2v) is 9.27. The van der Waals surface area contributed by atoms with E-state index >= 15 is 0 Å². The van der Waals surface area contributed by atoms with Crippen molar-refractivity contribution >= 4 is 46.4 Å². The fourth-order valence-corrected chi connectivity index (χ4v) is 4.56. The summed E-state index contributed by atoms with van der Waals surface area (Å²) in [6, 6.07) is 8.02. The molecule has 1 saturated heterocycles. The van der Waals surface area contributed by atoms with E-state index in [9.17, 15) is 14.9 Å². The van der Waals surface area contributed by atoms with Crippen molar-refractivity contribution in [3.63, 3.8) is 0 Å². The van der Waals surface area contributed by atoms with Gasteiger partial charge in [-0.1, -0.05) is 29.3 Å². The number of ether oxygens (including phenoxy) is 1. The van der Waals surface area contributed by atoms with Gasteiger partial charge >= 0.3 is 5.69 Å². The van der Waals surface area contributed by atoms with Crippen molar-refractivity contribution in [3.8, 4) is 11.1 Å². The quantitative estimate of drug-likeness (QED) is 0.194. The number of pyridine rings is 1. The number of hydrogen-bond acceptors (Lipinski definition) is 7. The molecule has 1 aliphatic rings. The number of nitro groups is 1. The highest BCUT2D eigenvalue weighted by molar-refractivity contribution is 6.36. The van der Waals surface area contributed by atoms with E-state index < -0.39 is 4.92 Å². The molecule has 10 nitrogen and oxygen atoms in total. The first kappa shape index (κ1) is 25.7. The average molecular weight is 533 g/mol. The number of aromatic nitrogens is 2. The molecule has 4 N–H and O–H groups in total. The lowest BCUT2D eigenvalue weighted by Crippen LogP contribution is -2.31. The summed E-state index contributed by atoms with van der Waals surface area (Å²) in [5.74, 6) is 0.112. The second kappa shape index (κ2) is 11.6. The average Bonchev–Trinajstić information content (AvgIpc) is 3.50. The van der Waals surface area contributed by atoms with E-state index in [1.807, 2.05) is 10.8 Å². The number of hydrogen-bond donors (Lipinski definition) is 3. The number of nitrogens with one attached hydrogen (secondary N) is 2. The van der Waals surface area contributed by atoms with Crippen LogP contribution in [0.1, 0.15) is 29.6 Å². The Hall–Kier alpha value is -3.34. The monoisotopic (exact) mass is 532 g/mol. The number of carbonyl (C=O) groups is 1. The molecule has 1 fully saturated rings. The van der Waals surface area contributed by atoms with E-state index in [2.05, 4.69) is 15.6 Å². The van der Waals surface area contributed by atoms with Gasteiger partial charge in [0.2, 0.25) is 5.82 Å². The van der Waals surface area contributed by atoms with Crippen LogP contribution in [0, 0.1) is 10.1 Å². The van der Waals surface area contributed by atoms with Crippen molar-refractivity contribution in [3.05, 3.63) is 68.4 Å². The highest BCUT2D eigenvalue weighted by atomic mass is 35.5. The predicted molar refractivity (Wildman–Crippen MR) is 140 cm³/mol. The summed E-state index contributed by atoms with van der Waals surface area (Å²) < 4.78 is 7.54. The summed E-state index contributed by atoms with van der Waals surface area (Å²) in [5, 5.41) is 17.9. The maximum absolute atomic E-state index is 13.1. The Bertz CT molecular complexity index is 1260. The highest BCUT2D eigenvalue weighted by Crippen LogP contribution is 2.33. The number of aryl methyl sites for hydroxylation is 1. The lowest BCUT2D eigenvalue weighted by atomic mass is 10.0. The highest BCUT2D eigenvalue weighted by Gasteiger charge is 2.21. The Labute approximate surface area is 217 Å². The Balaban J connectivity index is 1.44. The van der Waals surface area contributed by atoms with Crippen LogP contribution >= 0.6 is 23.2 Å². The number of amides is 1. The summed E-state index contributed by atoms with van der Waals surface area (Å²) in [4.78, 5) is 27.4. The lowest BCUT2D eigenvalue weighted by molar-refractivity contribution is -0.384. The molecule has 3 aromatic rings. The molecule has 0 bridgehead atoms. The van der Waals surface area contributed by atoms with Gasteiger partial charge in [-0.15, -0.1) is 0 Å². The number of anilines is 2. The first-order chi connectivity index (χ1) is 17.3. The summed E-state index contributed by atoms with van der Waals surface area (Å²) in [6.45, 7) is 2.32. The summed E-state index contributed by atoms with van der Waals surface area (Å²) >= 11 is 12.5. The molecule has 1 atom stereocenters. The third kappa shape index (κ3) is 6.26. The zero-order chi connectivity index (χ0) is 25.7. The molecule has 3 heterocycles. The minimum absolute atomic E-state index is 0.0340. The van der Waals surface area contributed by atoms with Gasteiger partial charge in [0.05, 0.1) is 16.6 Å². The Morgan fingerprint density at radius 3 is 2.78 bits per heavy atom. The van der Waals surface area contributed by atoms with Gasteiger partial charge in [-0.05, 0) is 37.5 Å². The maximum atomic E-state index is 13.1. The van der Waals surface area contributed by atoms with Crippen LogP contribution in [-0.2, 0) is 11.3 Å². The third-order valence-electron chi connectivity index (χ3n) is 5.86. The van der Waals surface area contributed by atoms with Gasteiger partial charge in [0.25, 0.3) is 5.91 Å². The molecule has 0 saturated carbocycles. The van der Waals surface area contributed by atoms with Crippen LogP contribution in [0.2, 0.25) is 10.0 Å². The maximum Gasteiger partial charge on any atom is 0.311 e. The van der Waals surface area contributed by atoms with E-state index in [4.69, 9.17) is 33.7 Å². The van der Waals surface area contributed by atoms with Crippen LogP contribution in [0.25, 0.3) is 11.1 Å². The molecule has 4 rings (SSSR count). The van der Waals surface area contributed by atoms with Crippen molar-refractivity contribution < 1.29 is 14.5 Å². The Morgan fingerprint density at radius 2 is 2.08 bits per heavy atom. The van der Waals surface area contributed by atoms with Gasteiger partial charge in [0.15, 0.2) is 0 Å². The molecule has 1 amide bonds. The topological polar surface area (TPSA) is 137 Å². The molecule has 0 radical (unpaired) electrons. The molecular formula is C24H26Cl2N6O4.